The summed E-state index contributed by atoms with van der Waals surface area (Å²) < 4.78 is 14.8. The summed E-state index contributed by atoms with van der Waals surface area (Å²) in [5, 5.41) is 3.89. The van der Waals surface area contributed by atoms with E-state index in [1.165, 1.54) is 10.7 Å². The maximum Gasteiger partial charge on any atom is 0.163 e. The lowest BCUT2D eigenvalue weighted by Crippen LogP contribution is -2.01. The Balaban J connectivity index is 2.69. The van der Waals surface area contributed by atoms with E-state index in [4.69, 9.17) is 0 Å². The molecule has 2 aromatic rings. The highest BCUT2D eigenvalue weighted by Gasteiger charge is 2.09. The highest BCUT2D eigenvalue weighted by Crippen LogP contribution is 2.16. The molecule has 0 aromatic carbocycles. The fourth-order valence-corrected chi connectivity index (χ4v) is 1.25. The number of hydrogen-bond donors (Lipinski definition) is 0. The molecule has 2 aromatic heterocycles. The summed E-state index contributed by atoms with van der Waals surface area (Å²) in [4.78, 5) is 4.16. The molecule has 0 unspecified atom stereocenters. The first-order valence-electron chi connectivity index (χ1n) is 4.18. The molecule has 0 atom stereocenters. The lowest BCUT2D eigenvalue weighted by molar-refractivity contribution is 0.572. The Bertz CT molecular complexity index is 433. The number of aromatic nitrogens is 3. The number of halogens is 1. The van der Waals surface area contributed by atoms with Crippen LogP contribution in [0.2, 0.25) is 0 Å². The van der Waals surface area contributed by atoms with E-state index < -0.39 is 0 Å². The van der Waals surface area contributed by atoms with Crippen molar-refractivity contribution in [1.82, 2.24) is 14.6 Å². The third-order valence-electron chi connectivity index (χ3n) is 1.91. The smallest absolute Gasteiger partial charge is 0.163 e. The van der Waals surface area contributed by atoms with Gasteiger partial charge in [0.15, 0.2) is 11.5 Å². The molecule has 3 nitrogen and oxygen atoms in total. The molecular formula is C9H10FN3. The van der Waals surface area contributed by atoms with Gasteiger partial charge >= 0.3 is 0 Å². The minimum Gasteiger partial charge on any atom is -0.230 e. The molecular weight excluding hydrogens is 169 g/mol. The van der Waals surface area contributed by atoms with E-state index in [0.29, 0.717) is 11.3 Å². The van der Waals surface area contributed by atoms with Crippen LogP contribution in [0.4, 0.5) is 4.39 Å². The molecule has 0 amide bonds. The average Bonchev–Trinajstić information content (AvgIpc) is 2.48. The van der Waals surface area contributed by atoms with E-state index in [-0.39, 0.29) is 11.7 Å². The zero-order valence-corrected chi connectivity index (χ0v) is 7.53. The van der Waals surface area contributed by atoms with Crippen LogP contribution >= 0.6 is 0 Å². The molecule has 13 heavy (non-hydrogen) atoms. The largest absolute Gasteiger partial charge is 0.230 e. The first-order valence-corrected chi connectivity index (χ1v) is 4.18. The molecule has 4 heteroatoms. The van der Waals surface area contributed by atoms with Crippen LogP contribution in [-0.4, -0.2) is 14.6 Å². The zero-order chi connectivity index (χ0) is 9.42. The first kappa shape index (κ1) is 8.16. The molecule has 2 rings (SSSR count). The molecule has 0 saturated carbocycles. The monoisotopic (exact) mass is 179 g/mol. The molecule has 0 aliphatic carbocycles. The van der Waals surface area contributed by atoms with Crippen molar-refractivity contribution in [2.24, 2.45) is 0 Å². The number of rotatable bonds is 1. The van der Waals surface area contributed by atoms with E-state index in [9.17, 15) is 4.39 Å². The van der Waals surface area contributed by atoms with Crippen molar-refractivity contribution in [3.8, 4) is 0 Å². The Morgan fingerprint density at radius 3 is 2.92 bits per heavy atom. The molecule has 0 aliphatic heterocycles. The minimum absolute atomic E-state index is 0.0971. The van der Waals surface area contributed by atoms with Gasteiger partial charge in [-0.25, -0.2) is 13.9 Å². The van der Waals surface area contributed by atoms with Gasteiger partial charge in [-0.2, -0.15) is 5.10 Å². The summed E-state index contributed by atoms with van der Waals surface area (Å²) in [7, 11) is 0. The maximum atomic E-state index is 13.3. The standard InChI is InChI=1S/C9H10FN3/c1-6(2)9-7(10)5-13-8(12-9)3-4-11-13/h3-6H,1-2H3. The van der Waals surface area contributed by atoms with Crippen molar-refractivity contribution in [2.75, 3.05) is 0 Å². The molecule has 0 saturated heterocycles. The van der Waals surface area contributed by atoms with Crippen LogP contribution in [0.1, 0.15) is 25.5 Å². The van der Waals surface area contributed by atoms with Crippen LogP contribution in [0.15, 0.2) is 18.5 Å². The molecule has 2 heterocycles. The van der Waals surface area contributed by atoms with Gasteiger partial charge in [-0.05, 0) is 5.92 Å². The van der Waals surface area contributed by atoms with Crippen molar-refractivity contribution in [1.29, 1.82) is 0 Å². The summed E-state index contributed by atoms with van der Waals surface area (Å²) in [6, 6.07) is 1.76. The van der Waals surface area contributed by atoms with Crippen LogP contribution in [0.25, 0.3) is 5.65 Å². The van der Waals surface area contributed by atoms with Crippen molar-refractivity contribution < 1.29 is 4.39 Å². The van der Waals surface area contributed by atoms with Crippen LogP contribution in [-0.2, 0) is 0 Å². The van der Waals surface area contributed by atoms with E-state index in [0.717, 1.165) is 0 Å². The summed E-state index contributed by atoms with van der Waals surface area (Å²) in [5.41, 5.74) is 1.18. The maximum absolute atomic E-state index is 13.3. The van der Waals surface area contributed by atoms with E-state index in [1.807, 2.05) is 13.8 Å². The Morgan fingerprint density at radius 1 is 1.46 bits per heavy atom. The summed E-state index contributed by atoms with van der Waals surface area (Å²) in [6.07, 6.45) is 2.96. The van der Waals surface area contributed by atoms with Gasteiger partial charge in [0.25, 0.3) is 0 Å². The Hall–Kier alpha value is -1.45. The predicted octanol–water partition coefficient (Wildman–Crippen LogP) is 1.99. The summed E-state index contributed by atoms with van der Waals surface area (Å²) >= 11 is 0. The fourth-order valence-electron chi connectivity index (χ4n) is 1.25. The predicted molar refractivity (Wildman–Crippen MR) is 47.0 cm³/mol. The van der Waals surface area contributed by atoms with Crippen LogP contribution < -0.4 is 0 Å². The molecule has 0 N–H and O–H groups in total. The van der Waals surface area contributed by atoms with Gasteiger partial charge in [0, 0.05) is 6.07 Å². The second-order valence-electron chi connectivity index (χ2n) is 3.26. The zero-order valence-electron chi connectivity index (χ0n) is 7.53. The second kappa shape index (κ2) is 2.80. The molecule has 0 fully saturated rings. The van der Waals surface area contributed by atoms with Gasteiger partial charge < -0.3 is 0 Å². The molecule has 68 valence electrons. The van der Waals surface area contributed by atoms with Gasteiger partial charge in [0.1, 0.15) is 0 Å². The normalized spacial score (nSPS) is 11.4. The number of nitrogens with zero attached hydrogens (tertiary/aromatic N) is 3. The number of fused-ring (bicyclic) bond motifs is 1. The van der Waals surface area contributed by atoms with Crippen molar-refractivity contribution in [2.45, 2.75) is 19.8 Å². The SMILES string of the molecule is CC(C)c1nc2ccnn2cc1F. The van der Waals surface area contributed by atoms with Crippen LogP contribution in [0.5, 0.6) is 0 Å². The molecule has 0 aliphatic rings. The highest BCUT2D eigenvalue weighted by molar-refractivity contribution is 5.37. The van der Waals surface area contributed by atoms with Crippen molar-refractivity contribution in [3.63, 3.8) is 0 Å². The topological polar surface area (TPSA) is 30.2 Å². The molecule has 0 radical (unpaired) electrons. The first-order chi connectivity index (χ1) is 6.18. The quantitative estimate of drug-likeness (QED) is 0.670. The van der Waals surface area contributed by atoms with Gasteiger partial charge in [0.05, 0.1) is 18.1 Å². The number of hydrogen-bond acceptors (Lipinski definition) is 2. The Morgan fingerprint density at radius 2 is 2.23 bits per heavy atom. The third-order valence-corrected chi connectivity index (χ3v) is 1.91. The second-order valence-corrected chi connectivity index (χ2v) is 3.26. The minimum atomic E-state index is -0.300. The van der Waals surface area contributed by atoms with Gasteiger partial charge in [-0.1, -0.05) is 13.8 Å². The summed E-state index contributed by atoms with van der Waals surface area (Å²) in [5.74, 6) is -0.203. The van der Waals surface area contributed by atoms with E-state index in [1.54, 1.807) is 12.3 Å². The average molecular weight is 179 g/mol. The highest BCUT2D eigenvalue weighted by atomic mass is 19.1. The fraction of sp³-hybridized carbons (Fsp3) is 0.333. The van der Waals surface area contributed by atoms with Crippen molar-refractivity contribution >= 4 is 5.65 Å². The Labute approximate surface area is 75.2 Å². The van der Waals surface area contributed by atoms with Gasteiger partial charge in [0.2, 0.25) is 0 Å². The van der Waals surface area contributed by atoms with E-state index in [2.05, 4.69) is 10.1 Å². The van der Waals surface area contributed by atoms with Crippen LogP contribution in [0.3, 0.4) is 0 Å². The summed E-state index contributed by atoms with van der Waals surface area (Å²) in [6.45, 7) is 3.83. The van der Waals surface area contributed by atoms with Crippen molar-refractivity contribution in [3.05, 3.63) is 30.0 Å². The lowest BCUT2D eigenvalue weighted by atomic mass is 10.1. The van der Waals surface area contributed by atoms with Gasteiger partial charge in [-0.3, -0.25) is 0 Å². The molecule has 0 bridgehead atoms. The lowest BCUT2D eigenvalue weighted by Gasteiger charge is -2.05. The molecule has 0 spiro atoms. The van der Waals surface area contributed by atoms with Gasteiger partial charge in [-0.15, -0.1) is 0 Å². The third kappa shape index (κ3) is 1.28. The van der Waals surface area contributed by atoms with E-state index >= 15 is 0 Å². The van der Waals surface area contributed by atoms with Crippen LogP contribution in [0, 0.1) is 5.82 Å². The Kier molecular flexibility index (Phi) is 1.76.